The number of aliphatic hydroxyl groups excluding tert-OH is 1. The minimum Gasteiger partial charge on any atom is -0.392 e. The monoisotopic (exact) mass is 349 g/mol. The van der Waals surface area contributed by atoms with Gasteiger partial charge in [-0.05, 0) is 34.7 Å². The molecule has 8 nitrogen and oxygen atoms in total. The maximum absolute atomic E-state index is 13.9. The topological polar surface area (TPSA) is 110 Å². The number of nitrogens with zero attached hydrogens (tertiary/aromatic N) is 4. The van der Waals surface area contributed by atoms with Crippen LogP contribution >= 0.6 is 0 Å². The number of rotatable bonds is 5. The Hall–Kier alpha value is -2.85. The zero-order valence-electron chi connectivity index (χ0n) is 12.2. The number of nitrogens with one attached hydrogen (secondary N) is 1. The van der Waals surface area contributed by atoms with Crippen LogP contribution in [-0.4, -0.2) is 33.7 Å². The molecule has 0 aliphatic carbocycles. The summed E-state index contributed by atoms with van der Waals surface area (Å²) in [6.45, 7) is -0.500. The number of aromatic nitrogens is 4. The molecule has 10 heteroatoms. The fourth-order valence-electron chi connectivity index (χ4n) is 2.08. The van der Waals surface area contributed by atoms with Crippen molar-refractivity contribution in [3.63, 3.8) is 0 Å². The van der Waals surface area contributed by atoms with Crippen molar-refractivity contribution < 1.29 is 17.9 Å². The van der Waals surface area contributed by atoms with Crippen LogP contribution in [-0.2, 0) is 16.6 Å². The highest BCUT2D eigenvalue weighted by atomic mass is 32.2. The average molecular weight is 349 g/mol. The van der Waals surface area contributed by atoms with Gasteiger partial charge in [-0.2, -0.15) is 0 Å². The van der Waals surface area contributed by atoms with E-state index < -0.39 is 22.4 Å². The van der Waals surface area contributed by atoms with Crippen LogP contribution in [0.15, 0.2) is 53.7 Å². The van der Waals surface area contributed by atoms with Crippen LogP contribution in [0.5, 0.6) is 0 Å². The Balaban J connectivity index is 1.99. The zero-order chi connectivity index (χ0) is 17.2. The normalized spacial score (nSPS) is 11.4. The number of hydrogen-bond acceptors (Lipinski definition) is 6. The summed E-state index contributed by atoms with van der Waals surface area (Å²) in [5.74, 6) is -0.776. The zero-order valence-corrected chi connectivity index (χ0v) is 13.0. The Labute approximate surface area is 136 Å². The van der Waals surface area contributed by atoms with E-state index in [9.17, 15) is 17.9 Å². The van der Waals surface area contributed by atoms with E-state index in [4.69, 9.17) is 0 Å². The fourth-order valence-corrected chi connectivity index (χ4v) is 3.23. The van der Waals surface area contributed by atoms with E-state index in [0.29, 0.717) is 5.69 Å². The molecule has 1 aromatic heterocycles. The lowest BCUT2D eigenvalue weighted by Gasteiger charge is -2.13. The first-order valence-corrected chi connectivity index (χ1v) is 8.24. The van der Waals surface area contributed by atoms with E-state index >= 15 is 0 Å². The molecule has 3 aromatic rings. The maximum atomic E-state index is 13.9. The first-order chi connectivity index (χ1) is 11.5. The Kier molecular flexibility index (Phi) is 4.23. The predicted octanol–water partition coefficient (Wildman–Crippen LogP) is 1.09. The van der Waals surface area contributed by atoms with Crippen molar-refractivity contribution in [3.8, 4) is 5.69 Å². The third-order valence-electron chi connectivity index (χ3n) is 3.25. The quantitative estimate of drug-likeness (QED) is 0.714. The molecule has 1 heterocycles. The third-order valence-corrected chi connectivity index (χ3v) is 4.60. The van der Waals surface area contributed by atoms with Crippen molar-refractivity contribution in [2.24, 2.45) is 0 Å². The molecule has 3 rings (SSSR count). The van der Waals surface area contributed by atoms with Crippen LogP contribution in [0.2, 0.25) is 0 Å². The smallest absolute Gasteiger partial charge is 0.262 e. The summed E-state index contributed by atoms with van der Waals surface area (Å²) < 4.78 is 42.4. The van der Waals surface area contributed by atoms with Crippen LogP contribution in [0.4, 0.5) is 10.1 Å². The number of tetrazole rings is 1. The van der Waals surface area contributed by atoms with Crippen molar-refractivity contribution in [1.82, 2.24) is 20.2 Å². The highest BCUT2D eigenvalue weighted by Gasteiger charge is 2.19. The molecule has 0 fully saturated rings. The lowest BCUT2D eigenvalue weighted by atomic mass is 10.2. The van der Waals surface area contributed by atoms with Crippen molar-refractivity contribution in [1.29, 1.82) is 0 Å². The molecule has 0 saturated carbocycles. The summed E-state index contributed by atoms with van der Waals surface area (Å²) in [5, 5.41) is 19.9. The average Bonchev–Trinajstić information content (AvgIpc) is 3.11. The van der Waals surface area contributed by atoms with Gasteiger partial charge in [0.1, 0.15) is 12.1 Å². The Bertz CT molecular complexity index is 960. The highest BCUT2D eigenvalue weighted by Crippen LogP contribution is 2.24. The van der Waals surface area contributed by atoms with Crippen LogP contribution in [0.25, 0.3) is 5.69 Å². The number of hydrogen-bond donors (Lipinski definition) is 2. The fraction of sp³-hybridized carbons (Fsp3) is 0.0714. The molecular weight excluding hydrogens is 337 g/mol. The predicted molar refractivity (Wildman–Crippen MR) is 82.3 cm³/mol. The number of benzene rings is 2. The van der Waals surface area contributed by atoms with Crippen molar-refractivity contribution in [2.45, 2.75) is 11.5 Å². The third kappa shape index (κ3) is 3.09. The molecule has 2 aromatic carbocycles. The van der Waals surface area contributed by atoms with Crippen molar-refractivity contribution >= 4 is 15.7 Å². The van der Waals surface area contributed by atoms with Gasteiger partial charge in [0, 0.05) is 5.56 Å². The second-order valence-corrected chi connectivity index (χ2v) is 6.47. The van der Waals surface area contributed by atoms with E-state index in [1.54, 1.807) is 6.07 Å². The summed E-state index contributed by atoms with van der Waals surface area (Å²) >= 11 is 0. The van der Waals surface area contributed by atoms with Gasteiger partial charge in [0.15, 0.2) is 0 Å². The van der Waals surface area contributed by atoms with Gasteiger partial charge in [-0.1, -0.05) is 18.2 Å². The minimum atomic E-state index is -4.07. The van der Waals surface area contributed by atoms with E-state index in [2.05, 4.69) is 20.2 Å². The standard InChI is InChI=1S/C14H12FN5O3S/c15-13-6-1-3-10(8-21)14(13)17-24(22,23)12-5-2-4-11(7-12)20-9-16-18-19-20/h1-7,9,17,21H,8H2. The van der Waals surface area contributed by atoms with E-state index in [1.165, 1.54) is 41.3 Å². The molecule has 0 aliphatic rings. The molecule has 0 bridgehead atoms. The van der Waals surface area contributed by atoms with E-state index in [-0.39, 0.29) is 16.1 Å². The number of para-hydroxylation sites is 1. The van der Waals surface area contributed by atoms with Gasteiger partial charge >= 0.3 is 0 Å². The molecule has 0 amide bonds. The molecular formula is C14H12FN5O3S. The molecule has 0 unspecified atom stereocenters. The molecule has 124 valence electrons. The largest absolute Gasteiger partial charge is 0.392 e. The van der Waals surface area contributed by atoms with Crippen LogP contribution < -0.4 is 4.72 Å². The van der Waals surface area contributed by atoms with Crippen molar-refractivity contribution in [3.05, 3.63) is 60.2 Å². The van der Waals surface area contributed by atoms with Crippen LogP contribution in [0.1, 0.15) is 5.56 Å². The van der Waals surface area contributed by atoms with Gasteiger partial charge in [-0.25, -0.2) is 17.5 Å². The summed E-state index contributed by atoms with van der Waals surface area (Å²) in [5.41, 5.74) is 0.279. The van der Waals surface area contributed by atoms with Gasteiger partial charge in [0.2, 0.25) is 0 Å². The second-order valence-electron chi connectivity index (χ2n) is 4.79. The number of halogens is 1. The first kappa shape index (κ1) is 16.0. The summed E-state index contributed by atoms with van der Waals surface area (Å²) in [6, 6.07) is 9.76. The lowest BCUT2D eigenvalue weighted by molar-refractivity contribution is 0.282. The molecule has 0 saturated heterocycles. The van der Waals surface area contributed by atoms with Gasteiger partial charge in [-0.3, -0.25) is 4.72 Å². The molecule has 0 spiro atoms. The second kappa shape index (κ2) is 6.34. The SMILES string of the molecule is O=S(=O)(Nc1c(F)cccc1CO)c1cccc(-n2cnnn2)c1. The van der Waals surface area contributed by atoms with Crippen LogP contribution in [0, 0.1) is 5.82 Å². The minimum absolute atomic E-state index is 0.0948. The summed E-state index contributed by atoms with van der Waals surface area (Å²) in [4.78, 5) is -0.0948. The number of sulfonamides is 1. The van der Waals surface area contributed by atoms with Gasteiger partial charge in [0.05, 0.1) is 22.9 Å². The number of anilines is 1. The summed E-state index contributed by atoms with van der Waals surface area (Å²) in [7, 11) is -4.07. The maximum Gasteiger partial charge on any atom is 0.262 e. The molecule has 24 heavy (non-hydrogen) atoms. The lowest BCUT2D eigenvalue weighted by Crippen LogP contribution is -2.16. The molecule has 0 aliphatic heterocycles. The van der Waals surface area contributed by atoms with Crippen molar-refractivity contribution in [2.75, 3.05) is 4.72 Å². The van der Waals surface area contributed by atoms with Crippen LogP contribution in [0.3, 0.4) is 0 Å². The first-order valence-electron chi connectivity index (χ1n) is 6.76. The van der Waals surface area contributed by atoms with Gasteiger partial charge in [-0.15, -0.1) is 5.10 Å². The highest BCUT2D eigenvalue weighted by molar-refractivity contribution is 7.92. The molecule has 0 radical (unpaired) electrons. The van der Waals surface area contributed by atoms with E-state index in [1.807, 2.05) is 0 Å². The Morgan fingerprint density at radius 3 is 2.71 bits per heavy atom. The Morgan fingerprint density at radius 2 is 2.00 bits per heavy atom. The van der Waals surface area contributed by atoms with Gasteiger partial charge in [0.25, 0.3) is 10.0 Å². The molecule has 0 atom stereocenters. The van der Waals surface area contributed by atoms with Gasteiger partial charge < -0.3 is 5.11 Å². The Morgan fingerprint density at radius 1 is 1.21 bits per heavy atom. The number of aliphatic hydroxyl groups is 1. The van der Waals surface area contributed by atoms with E-state index in [0.717, 1.165) is 6.07 Å². The molecule has 2 N–H and O–H groups in total. The summed E-state index contributed by atoms with van der Waals surface area (Å²) in [6.07, 6.45) is 1.32.